The van der Waals surface area contributed by atoms with Gasteiger partial charge in [0.15, 0.2) is 5.78 Å². The van der Waals surface area contributed by atoms with Gasteiger partial charge in [-0.15, -0.1) is 0 Å². The van der Waals surface area contributed by atoms with Crippen molar-refractivity contribution in [3.63, 3.8) is 0 Å². The van der Waals surface area contributed by atoms with Gasteiger partial charge in [-0.05, 0) is 55.0 Å². The molecule has 5 nitrogen and oxygen atoms in total. The summed E-state index contributed by atoms with van der Waals surface area (Å²) < 4.78 is 31.0. The van der Waals surface area contributed by atoms with Gasteiger partial charge in [0, 0.05) is 22.7 Å². The highest BCUT2D eigenvalue weighted by Gasteiger charge is 2.21. The molecule has 0 aliphatic rings. The Morgan fingerprint density at radius 1 is 0.828 bits per heavy atom. The van der Waals surface area contributed by atoms with Crippen molar-refractivity contribution in [2.45, 2.75) is 11.8 Å². The fourth-order valence-electron chi connectivity index (χ4n) is 3.10. The average Bonchev–Trinajstić information content (AvgIpc) is 2.74. The lowest BCUT2D eigenvalue weighted by atomic mass is 10.0. The highest BCUT2D eigenvalue weighted by Crippen LogP contribution is 2.27. The number of fused-ring (bicyclic) bond motifs is 1. The van der Waals surface area contributed by atoms with Crippen molar-refractivity contribution in [2.75, 3.05) is 0 Å². The number of benzene rings is 3. The summed E-state index contributed by atoms with van der Waals surface area (Å²) in [6.45, 7) is 1.87. The van der Waals surface area contributed by atoms with Crippen LogP contribution in [0.1, 0.15) is 21.5 Å². The van der Waals surface area contributed by atoms with Crippen molar-refractivity contribution in [3.8, 4) is 5.75 Å². The van der Waals surface area contributed by atoms with Gasteiger partial charge in [0.2, 0.25) is 0 Å². The summed E-state index contributed by atoms with van der Waals surface area (Å²) >= 11 is 0. The van der Waals surface area contributed by atoms with Crippen molar-refractivity contribution in [1.29, 1.82) is 0 Å². The van der Waals surface area contributed by atoms with Crippen LogP contribution >= 0.6 is 0 Å². The van der Waals surface area contributed by atoms with Crippen molar-refractivity contribution in [3.05, 3.63) is 102 Å². The quantitative estimate of drug-likeness (QED) is 0.361. The van der Waals surface area contributed by atoms with Gasteiger partial charge in [-0.3, -0.25) is 9.78 Å². The zero-order chi connectivity index (χ0) is 20.4. The summed E-state index contributed by atoms with van der Waals surface area (Å²) in [6.07, 6.45) is 1.62. The largest absolute Gasteiger partial charge is 0.379 e. The zero-order valence-corrected chi connectivity index (χ0v) is 16.4. The Labute approximate surface area is 168 Å². The van der Waals surface area contributed by atoms with Crippen LogP contribution < -0.4 is 4.18 Å². The first-order valence-corrected chi connectivity index (χ1v) is 10.4. The molecule has 0 spiro atoms. The SMILES string of the molecule is Cc1ccc(S(=O)(=O)Oc2ccc(C(=O)c3ccccc3)cc2)c2cccnc12. The van der Waals surface area contributed by atoms with Gasteiger partial charge >= 0.3 is 10.1 Å². The van der Waals surface area contributed by atoms with Crippen LogP contribution in [-0.4, -0.2) is 19.2 Å². The second kappa shape index (κ2) is 7.48. The molecule has 0 radical (unpaired) electrons. The van der Waals surface area contributed by atoms with Crippen LogP contribution in [0, 0.1) is 6.92 Å². The maximum Gasteiger partial charge on any atom is 0.339 e. The Kier molecular flexibility index (Phi) is 4.86. The molecule has 0 saturated heterocycles. The van der Waals surface area contributed by atoms with E-state index in [2.05, 4.69) is 4.98 Å². The number of carbonyl (C=O) groups is 1. The molecule has 29 heavy (non-hydrogen) atoms. The van der Waals surface area contributed by atoms with Crippen molar-refractivity contribution >= 4 is 26.8 Å². The van der Waals surface area contributed by atoms with E-state index in [4.69, 9.17) is 4.18 Å². The lowest BCUT2D eigenvalue weighted by Gasteiger charge is -2.11. The molecule has 0 N–H and O–H groups in total. The van der Waals surface area contributed by atoms with Gasteiger partial charge in [0.1, 0.15) is 10.6 Å². The molecular weight excluding hydrogens is 386 g/mol. The highest BCUT2D eigenvalue weighted by molar-refractivity contribution is 7.87. The second-order valence-corrected chi connectivity index (χ2v) is 8.05. The molecule has 4 aromatic rings. The van der Waals surface area contributed by atoms with E-state index in [1.165, 1.54) is 18.2 Å². The van der Waals surface area contributed by atoms with Gasteiger partial charge in [-0.1, -0.05) is 36.4 Å². The standard InChI is InChI=1S/C23H17NO4S/c1-16-9-14-21(20-8-5-15-24-22(16)20)29(26,27)28-19-12-10-18(11-13-19)23(25)17-6-3-2-4-7-17/h2-15H,1H3. The predicted molar refractivity (Wildman–Crippen MR) is 111 cm³/mol. The van der Waals surface area contributed by atoms with Gasteiger partial charge < -0.3 is 4.18 Å². The summed E-state index contributed by atoms with van der Waals surface area (Å²) in [5.74, 6) is -0.0113. The topological polar surface area (TPSA) is 73.3 Å². The fraction of sp³-hybridized carbons (Fsp3) is 0.0435. The molecule has 144 valence electrons. The first-order valence-electron chi connectivity index (χ1n) is 8.94. The Bertz CT molecular complexity index is 1300. The van der Waals surface area contributed by atoms with E-state index in [0.29, 0.717) is 22.0 Å². The smallest absolute Gasteiger partial charge is 0.339 e. The van der Waals surface area contributed by atoms with Gasteiger partial charge in [-0.2, -0.15) is 8.42 Å². The summed E-state index contributed by atoms with van der Waals surface area (Å²) in [4.78, 5) is 16.8. The van der Waals surface area contributed by atoms with Crippen molar-refractivity contribution < 1.29 is 17.4 Å². The fourth-order valence-corrected chi connectivity index (χ4v) is 4.22. The van der Waals surface area contributed by atoms with Crippen molar-refractivity contribution in [2.24, 2.45) is 0 Å². The Morgan fingerprint density at radius 3 is 2.24 bits per heavy atom. The minimum absolute atomic E-state index is 0.0515. The Hall–Kier alpha value is -3.51. The summed E-state index contributed by atoms with van der Waals surface area (Å²) in [5, 5.41) is 0.503. The molecule has 0 atom stereocenters. The first-order chi connectivity index (χ1) is 14.0. The molecular formula is C23H17NO4S. The number of carbonyl (C=O) groups excluding carboxylic acids is 1. The van der Waals surface area contributed by atoms with Gasteiger partial charge in [-0.25, -0.2) is 0 Å². The Balaban J connectivity index is 1.63. The third kappa shape index (κ3) is 3.75. The first kappa shape index (κ1) is 18.8. The zero-order valence-electron chi connectivity index (χ0n) is 15.6. The molecule has 0 bridgehead atoms. The van der Waals surface area contributed by atoms with Crippen LogP contribution in [-0.2, 0) is 10.1 Å². The molecule has 1 heterocycles. The van der Waals surface area contributed by atoms with Crippen LogP contribution in [0.2, 0.25) is 0 Å². The monoisotopic (exact) mass is 403 g/mol. The number of pyridine rings is 1. The van der Waals surface area contributed by atoms with E-state index >= 15 is 0 Å². The third-order valence-corrected chi connectivity index (χ3v) is 5.87. The van der Waals surface area contributed by atoms with Crippen LogP contribution in [0.5, 0.6) is 5.75 Å². The molecule has 0 aliphatic carbocycles. The van der Waals surface area contributed by atoms with E-state index < -0.39 is 10.1 Å². The molecule has 1 aromatic heterocycles. The molecule has 6 heteroatoms. The number of ketones is 1. The van der Waals surface area contributed by atoms with Crippen LogP contribution in [0.3, 0.4) is 0 Å². The molecule has 0 fully saturated rings. The number of nitrogens with zero attached hydrogens (tertiary/aromatic N) is 1. The number of rotatable bonds is 5. The van der Waals surface area contributed by atoms with Crippen LogP contribution in [0.15, 0.2) is 90.0 Å². The third-order valence-electron chi connectivity index (χ3n) is 4.56. The van der Waals surface area contributed by atoms with E-state index in [0.717, 1.165) is 5.56 Å². The van der Waals surface area contributed by atoms with E-state index in [1.54, 1.807) is 60.8 Å². The van der Waals surface area contributed by atoms with Crippen LogP contribution in [0.25, 0.3) is 10.9 Å². The van der Waals surface area contributed by atoms with E-state index in [1.807, 2.05) is 13.0 Å². The molecule has 4 rings (SSSR count). The molecule has 3 aromatic carbocycles. The average molecular weight is 403 g/mol. The van der Waals surface area contributed by atoms with Gasteiger partial charge in [0.05, 0.1) is 5.52 Å². The minimum Gasteiger partial charge on any atom is -0.379 e. The van der Waals surface area contributed by atoms with Crippen LogP contribution in [0.4, 0.5) is 0 Å². The summed E-state index contributed by atoms with van der Waals surface area (Å²) in [7, 11) is -4.07. The second-order valence-electron chi connectivity index (χ2n) is 6.54. The maximum absolute atomic E-state index is 12.9. The normalized spacial score (nSPS) is 11.3. The van der Waals surface area contributed by atoms with E-state index in [-0.39, 0.29) is 16.4 Å². The maximum atomic E-state index is 12.9. The lowest BCUT2D eigenvalue weighted by molar-refractivity contribution is 0.103. The minimum atomic E-state index is -4.07. The molecule has 0 aliphatic heterocycles. The molecule has 0 unspecified atom stereocenters. The number of aryl methyl sites for hydroxylation is 1. The number of hydrogen-bond acceptors (Lipinski definition) is 5. The summed E-state index contributed by atoms with van der Waals surface area (Å²) in [5.41, 5.74) is 2.50. The number of aromatic nitrogens is 1. The number of hydrogen-bond donors (Lipinski definition) is 0. The highest BCUT2D eigenvalue weighted by atomic mass is 32.2. The van der Waals surface area contributed by atoms with E-state index in [9.17, 15) is 13.2 Å². The molecule has 0 amide bonds. The van der Waals surface area contributed by atoms with Gasteiger partial charge in [0.25, 0.3) is 0 Å². The molecule has 0 saturated carbocycles. The predicted octanol–water partition coefficient (Wildman–Crippen LogP) is 4.54. The van der Waals surface area contributed by atoms with Crippen molar-refractivity contribution in [1.82, 2.24) is 4.98 Å². The Morgan fingerprint density at radius 2 is 1.52 bits per heavy atom. The lowest BCUT2D eigenvalue weighted by Crippen LogP contribution is -2.11. The summed E-state index contributed by atoms with van der Waals surface area (Å²) in [6, 6.07) is 21.5.